The molecule has 0 radical (unpaired) electrons. The van der Waals surface area contributed by atoms with E-state index in [1.165, 1.54) is 11.1 Å². The summed E-state index contributed by atoms with van der Waals surface area (Å²) in [5.41, 5.74) is 3.48. The largest absolute Gasteiger partial charge is 0.353 e. The Hall–Kier alpha value is -2.63. The molecular weight excluding hydrogens is 314 g/mol. The second kappa shape index (κ2) is 7.09. The van der Waals surface area contributed by atoms with Crippen molar-refractivity contribution >= 4 is 23.2 Å². The van der Waals surface area contributed by atoms with E-state index >= 15 is 0 Å². The number of hydrogen-bond acceptors (Lipinski definition) is 5. The predicted octanol–water partition coefficient (Wildman–Crippen LogP) is 2.81. The molecule has 1 aromatic carbocycles. The van der Waals surface area contributed by atoms with Crippen LogP contribution in [0.5, 0.6) is 0 Å². The Balaban J connectivity index is 1.78. The SMILES string of the molecule is CC(=O)N1CCN(c2cc(Nc3ccc(C)cc3C)nc(C)n2)CC1. The van der Waals surface area contributed by atoms with Gasteiger partial charge in [0.25, 0.3) is 0 Å². The first-order valence-corrected chi connectivity index (χ1v) is 8.63. The number of carbonyl (C=O) groups excluding carboxylic acids is 1. The van der Waals surface area contributed by atoms with Crippen molar-refractivity contribution in [2.24, 2.45) is 0 Å². The van der Waals surface area contributed by atoms with Crippen LogP contribution in [0.4, 0.5) is 17.3 Å². The molecule has 6 nitrogen and oxygen atoms in total. The van der Waals surface area contributed by atoms with E-state index in [0.29, 0.717) is 0 Å². The number of nitrogens with zero attached hydrogens (tertiary/aromatic N) is 4. The second-order valence-electron chi connectivity index (χ2n) is 6.60. The summed E-state index contributed by atoms with van der Waals surface area (Å²) in [7, 11) is 0. The van der Waals surface area contributed by atoms with Crippen molar-refractivity contribution in [1.29, 1.82) is 0 Å². The summed E-state index contributed by atoms with van der Waals surface area (Å²) in [4.78, 5) is 24.7. The highest BCUT2D eigenvalue weighted by atomic mass is 16.2. The average molecular weight is 339 g/mol. The van der Waals surface area contributed by atoms with Gasteiger partial charge in [0.1, 0.15) is 17.5 Å². The molecule has 1 N–H and O–H groups in total. The Morgan fingerprint density at radius 2 is 1.76 bits per heavy atom. The highest BCUT2D eigenvalue weighted by molar-refractivity contribution is 5.73. The standard InChI is InChI=1S/C19H25N5O/c1-13-5-6-17(14(2)11-13)22-18-12-19(21-15(3)20-18)24-9-7-23(8-10-24)16(4)25/h5-6,11-12H,7-10H2,1-4H3,(H,20,21,22). The Labute approximate surface area is 148 Å². The van der Waals surface area contributed by atoms with Crippen molar-refractivity contribution in [1.82, 2.24) is 14.9 Å². The van der Waals surface area contributed by atoms with E-state index in [1.54, 1.807) is 6.92 Å². The number of benzene rings is 1. The third-order valence-electron chi connectivity index (χ3n) is 4.52. The van der Waals surface area contributed by atoms with Gasteiger partial charge in [-0.25, -0.2) is 9.97 Å². The fourth-order valence-electron chi connectivity index (χ4n) is 3.12. The van der Waals surface area contributed by atoms with Crippen molar-refractivity contribution < 1.29 is 4.79 Å². The Morgan fingerprint density at radius 1 is 1.04 bits per heavy atom. The molecule has 0 bridgehead atoms. The quantitative estimate of drug-likeness (QED) is 0.932. The number of carbonyl (C=O) groups is 1. The molecule has 1 amide bonds. The maximum Gasteiger partial charge on any atom is 0.219 e. The number of amides is 1. The van der Waals surface area contributed by atoms with Crippen LogP contribution >= 0.6 is 0 Å². The van der Waals surface area contributed by atoms with E-state index in [0.717, 1.165) is 49.3 Å². The van der Waals surface area contributed by atoms with E-state index < -0.39 is 0 Å². The first kappa shape index (κ1) is 17.2. The number of hydrogen-bond donors (Lipinski definition) is 1. The van der Waals surface area contributed by atoms with Crippen LogP contribution < -0.4 is 10.2 Å². The summed E-state index contributed by atoms with van der Waals surface area (Å²) >= 11 is 0. The smallest absolute Gasteiger partial charge is 0.219 e. The Kier molecular flexibility index (Phi) is 4.88. The van der Waals surface area contributed by atoms with Gasteiger partial charge in [-0.15, -0.1) is 0 Å². The summed E-state index contributed by atoms with van der Waals surface area (Å²) in [6, 6.07) is 8.30. The van der Waals surface area contributed by atoms with E-state index in [2.05, 4.69) is 52.2 Å². The van der Waals surface area contributed by atoms with Crippen molar-refractivity contribution in [3.05, 3.63) is 41.2 Å². The Morgan fingerprint density at radius 3 is 2.40 bits per heavy atom. The van der Waals surface area contributed by atoms with Gasteiger partial charge in [0.2, 0.25) is 5.91 Å². The van der Waals surface area contributed by atoms with Crippen molar-refractivity contribution in [2.45, 2.75) is 27.7 Å². The maximum absolute atomic E-state index is 11.5. The summed E-state index contributed by atoms with van der Waals surface area (Å²) in [5.74, 6) is 2.57. The third kappa shape index (κ3) is 4.07. The van der Waals surface area contributed by atoms with Gasteiger partial charge in [-0.2, -0.15) is 0 Å². The molecule has 132 valence electrons. The molecule has 1 saturated heterocycles. The molecule has 1 aliphatic heterocycles. The lowest BCUT2D eigenvalue weighted by Crippen LogP contribution is -2.48. The molecule has 0 aliphatic carbocycles. The zero-order chi connectivity index (χ0) is 18.0. The summed E-state index contributed by atoms with van der Waals surface area (Å²) in [5, 5.41) is 3.40. The van der Waals surface area contributed by atoms with Gasteiger partial charge in [0, 0.05) is 44.9 Å². The van der Waals surface area contributed by atoms with Crippen LogP contribution in [-0.4, -0.2) is 47.0 Å². The van der Waals surface area contributed by atoms with E-state index in [-0.39, 0.29) is 5.91 Å². The van der Waals surface area contributed by atoms with E-state index in [4.69, 9.17) is 0 Å². The summed E-state index contributed by atoms with van der Waals surface area (Å²) in [6.45, 7) is 10.8. The number of aryl methyl sites for hydroxylation is 3. The van der Waals surface area contributed by atoms with Crippen LogP contribution in [0, 0.1) is 20.8 Å². The third-order valence-corrected chi connectivity index (χ3v) is 4.52. The lowest BCUT2D eigenvalue weighted by Gasteiger charge is -2.35. The van der Waals surface area contributed by atoms with Crippen LogP contribution in [-0.2, 0) is 4.79 Å². The monoisotopic (exact) mass is 339 g/mol. The maximum atomic E-state index is 11.5. The number of anilines is 3. The molecule has 2 aromatic rings. The molecule has 0 saturated carbocycles. The fraction of sp³-hybridized carbons (Fsp3) is 0.421. The predicted molar refractivity (Wildman–Crippen MR) is 100 cm³/mol. The number of nitrogens with one attached hydrogen (secondary N) is 1. The lowest BCUT2D eigenvalue weighted by atomic mass is 10.1. The fourth-order valence-corrected chi connectivity index (χ4v) is 3.12. The van der Waals surface area contributed by atoms with Crippen molar-refractivity contribution in [3.8, 4) is 0 Å². The van der Waals surface area contributed by atoms with E-state index in [1.807, 2.05) is 17.9 Å². The normalized spacial score (nSPS) is 14.6. The van der Waals surface area contributed by atoms with Crippen LogP contribution in [0.15, 0.2) is 24.3 Å². The van der Waals surface area contributed by atoms with Crippen molar-refractivity contribution in [2.75, 3.05) is 36.4 Å². The first-order chi connectivity index (χ1) is 11.9. The molecule has 3 rings (SSSR count). The molecule has 0 atom stereocenters. The number of aromatic nitrogens is 2. The highest BCUT2D eigenvalue weighted by Gasteiger charge is 2.20. The zero-order valence-electron chi connectivity index (χ0n) is 15.3. The minimum Gasteiger partial charge on any atom is -0.353 e. The molecule has 6 heteroatoms. The molecule has 1 aromatic heterocycles. The van der Waals surface area contributed by atoms with Gasteiger partial charge in [0.15, 0.2) is 0 Å². The zero-order valence-corrected chi connectivity index (χ0v) is 15.3. The van der Waals surface area contributed by atoms with Gasteiger partial charge in [-0.05, 0) is 32.4 Å². The molecule has 1 fully saturated rings. The first-order valence-electron chi connectivity index (χ1n) is 8.63. The second-order valence-corrected chi connectivity index (χ2v) is 6.60. The number of piperazine rings is 1. The Bertz CT molecular complexity index is 781. The van der Waals surface area contributed by atoms with Crippen LogP contribution in [0.1, 0.15) is 23.9 Å². The highest BCUT2D eigenvalue weighted by Crippen LogP contribution is 2.23. The van der Waals surface area contributed by atoms with Crippen LogP contribution in [0.2, 0.25) is 0 Å². The minimum absolute atomic E-state index is 0.135. The molecule has 25 heavy (non-hydrogen) atoms. The van der Waals surface area contributed by atoms with E-state index in [9.17, 15) is 4.79 Å². The summed E-state index contributed by atoms with van der Waals surface area (Å²) in [6.07, 6.45) is 0. The van der Waals surface area contributed by atoms with Gasteiger partial charge in [-0.3, -0.25) is 4.79 Å². The van der Waals surface area contributed by atoms with Crippen LogP contribution in [0.3, 0.4) is 0 Å². The molecule has 1 aliphatic rings. The summed E-state index contributed by atoms with van der Waals surface area (Å²) < 4.78 is 0. The van der Waals surface area contributed by atoms with Gasteiger partial charge < -0.3 is 15.1 Å². The molecule has 2 heterocycles. The van der Waals surface area contributed by atoms with Gasteiger partial charge in [-0.1, -0.05) is 17.7 Å². The van der Waals surface area contributed by atoms with Gasteiger partial charge in [0.05, 0.1) is 0 Å². The molecular formula is C19H25N5O. The number of rotatable bonds is 3. The van der Waals surface area contributed by atoms with Crippen LogP contribution in [0.25, 0.3) is 0 Å². The molecule has 0 spiro atoms. The minimum atomic E-state index is 0.135. The average Bonchev–Trinajstić information content (AvgIpc) is 2.57. The lowest BCUT2D eigenvalue weighted by molar-refractivity contribution is -0.129. The van der Waals surface area contributed by atoms with Crippen molar-refractivity contribution in [3.63, 3.8) is 0 Å². The van der Waals surface area contributed by atoms with Gasteiger partial charge >= 0.3 is 0 Å². The molecule has 0 unspecified atom stereocenters. The topological polar surface area (TPSA) is 61.4 Å².